The smallest absolute Gasteiger partial charge is 0.107 e. The number of para-hydroxylation sites is 1. The topological polar surface area (TPSA) is 42.1 Å². The number of pyridine rings is 1. The molecule has 1 aliphatic rings. The summed E-state index contributed by atoms with van der Waals surface area (Å²) >= 11 is 5.19. The molecule has 3 rings (SSSR count). The van der Waals surface area contributed by atoms with Crippen LogP contribution in [0, 0.1) is 0 Å². The molecule has 4 heteroatoms. The molecule has 3 nitrogen and oxygen atoms in total. The molecule has 0 bridgehead atoms. The molecule has 19 heavy (non-hydrogen) atoms. The number of nitrogens with two attached hydrogens (primary N) is 1. The van der Waals surface area contributed by atoms with Gasteiger partial charge in [-0.2, -0.15) is 0 Å². The highest BCUT2D eigenvalue weighted by Crippen LogP contribution is 2.31. The Balaban J connectivity index is 2.21. The molecule has 0 aliphatic carbocycles. The molecule has 1 fully saturated rings. The lowest BCUT2D eigenvalue weighted by Crippen LogP contribution is -2.31. The van der Waals surface area contributed by atoms with Crippen molar-refractivity contribution in [3.05, 3.63) is 36.0 Å². The normalized spacial score (nSPS) is 15.7. The summed E-state index contributed by atoms with van der Waals surface area (Å²) < 4.78 is 0. The van der Waals surface area contributed by atoms with Crippen LogP contribution in [0.3, 0.4) is 0 Å². The van der Waals surface area contributed by atoms with E-state index in [0.29, 0.717) is 4.99 Å². The summed E-state index contributed by atoms with van der Waals surface area (Å²) in [6, 6.07) is 8.19. The van der Waals surface area contributed by atoms with Gasteiger partial charge in [0, 0.05) is 24.7 Å². The van der Waals surface area contributed by atoms with E-state index in [4.69, 9.17) is 18.0 Å². The van der Waals surface area contributed by atoms with Gasteiger partial charge in [0.15, 0.2) is 0 Å². The van der Waals surface area contributed by atoms with E-state index in [0.717, 1.165) is 35.2 Å². The van der Waals surface area contributed by atoms with Crippen LogP contribution in [0.4, 0.5) is 5.69 Å². The third-order valence-corrected chi connectivity index (χ3v) is 3.90. The fourth-order valence-electron chi connectivity index (χ4n) is 2.77. The molecule has 0 radical (unpaired) electrons. The Morgan fingerprint density at radius 1 is 1.16 bits per heavy atom. The number of anilines is 1. The summed E-state index contributed by atoms with van der Waals surface area (Å²) in [4.78, 5) is 7.30. The lowest BCUT2D eigenvalue weighted by atomic mass is 10.0. The monoisotopic (exact) mass is 271 g/mol. The molecular weight excluding hydrogens is 254 g/mol. The predicted molar refractivity (Wildman–Crippen MR) is 83.7 cm³/mol. The fourth-order valence-corrected chi connectivity index (χ4v) is 2.91. The van der Waals surface area contributed by atoms with Crippen LogP contribution in [0.15, 0.2) is 30.5 Å². The van der Waals surface area contributed by atoms with Crippen LogP contribution in [-0.4, -0.2) is 23.1 Å². The molecule has 1 aromatic heterocycles. The number of thiocarbonyl (C=S) groups is 1. The van der Waals surface area contributed by atoms with Crippen LogP contribution >= 0.6 is 12.2 Å². The van der Waals surface area contributed by atoms with Crippen molar-refractivity contribution < 1.29 is 0 Å². The Hall–Kier alpha value is -1.68. The number of fused-ring (bicyclic) bond motifs is 1. The van der Waals surface area contributed by atoms with Crippen LogP contribution in [0.2, 0.25) is 0 Å². The van der Waals surface area contributed by atoms with Crippen LogP contribution < -0.4 is 10.6 Å². The van der Waals surface area contributed by atoms with E-state index in [9.17, 15) is 0 Å². The number of aromatic nitrogens is 1. The van der Waals surface area contributed by atoms with E-state index < -0.39 is 0 Å². The number of rotatable bonds is 2. The van der Waals surface area contributed by atoms with Crippen LogP contribution in [0.5, 0.6) is 0 Å². The van der Waals surface area contributed by atoms with E-state index >= 15 is 0 Å². The van der Waals surface area contributed by atoms with Gasteiger partial charge in [0.05, 0.1) is 16.8 Å². The molecule has 1 saturated heterocycles. The van der Waals surface area contributed by atoms with Gasteiger partial charge in [-0.05, 0) is 25.3 Å². The Morgan fingerprint density at radius 2 is 1.89 bits per heavy atom. The lowest BCUT2D eigenvalue weighted by molar-refractivity contribution is 0.578. The zero-order valence-electron chi connectivity index (χ0n) is 10.8. The van der Waals surface area contributed by atoms with Gasteiger partial charge in [-0.1, -0.05) is 30.4 Å². The van der Waals surface area contributed by atoms with Crippen molar-refractivity contribution in [1.29, 1.82) is 0 Å². The third kappa shape index (κ3) is 2.28. The van der Waals surface area contributed by atoms with Crippen molar-refractivity contribution in [3.8, 4) is 0 Å². The maximum Gasteiger partial charge on any atom is 0.107 e. The van der Waals surface area contributed by atoms with E-state index in [1.165, 1.54) is 19.3 Å². The molecule has 2 N–H and O–H groups in total. The van der Waals surface area contributed by atoms with Gasteiger partial charge in [-0.25, -0.2) is 0 Å². The van der Waals surface area contributed by atoms with Gasteiger partial charge in [0.1, 0.15) is 4.99 Å². The van der Waals surface area contributed by atoms with E-state index in [2.05, 4.69) is 16.0 Å². The first-order valence-electron chi connectivity index (χ1n) is 6.70. The van der Waals surface area contributed by atoms with E-state index in [1.807, 2.05) is 24.4 Å². The van der Waals surface area contributed by atoms with Crippen molar-refractivity contribution in [2.24, 2.45) is 5.73 Å². The zero-order chi connectivity index (χ0) is 13.2. The summed E-state index contributed by atoms with van der Waals surface area (Å²) in [7, 11) is 0. The Labute approximate surface area is 118 Å². The summed E-state index contributed by atoms with van der Waals surface area (Å²) in [6.45, 7) is 2.15. The molecule has 2 heterocycles. The first kappa shape index (κ1) is 12.4. The average molecular weight is 271 g/mol. The van der Waals surface area contributed by atoms with Gasteiger partial charge in [0.2, 0.25) is 0 Å². The molecule has 0 atom stereocenters. The minimum absolute atomic E-state index is 0.429. The number of hydrogen-bond acceptors (Lipinski definition) is 3. The lowest BCUT2D eigenvalue weighted by Gasteiger charge is -2.31. The highest BCUT2D eigenvalue weighted by Gasteiger charge is 2.19. The highest BCUT2D eigenvalue weighted by molar-refractivity contribution is 7.80. The Morgan fingerprint density at radius 3 is 2.63 bits per heavy atom. The molecule has 98 valence electrons. The largest absolute Gasteiger partial charge is 0.389 e. The van der Waals surface area contributed by atoms with Gasteiger partial charge in [0.25, 0.3) is 0 Å². The van der Waals surface area contributed by atoms with Crippen molar-refractivity contribution in [2.45, 2.75) is 19.3 Å². The van der Waals surface area contributed by atoms with Crippen molar-refractivity contribution in [3.63, 3.8) is 0 Å². The first-order valence-corrected chi connectivity index (χ1v) is 7.10. The molecule has 0 unspecified atom stereocenters. The molecule has 1 aliphatic heterocycles. The highest BCUT2D eigenvalue weighted by atomic mass is 32.1. The van der Waals surface area contributed by atoms with E-state index in [1.54, 1.807) is 0 Å². The van der Waals surface area contributed by atoms with Gasteiger partial charge in [-0.15, -0.1) is 0 Å². The van der Waals surface area contributed by atoms with Gasteiger partial charge < -0.3 is 10.6 Å². The molecule has 0 saturated carbocycles. The second kappa shape index (κ2) is 5.13. The summed E-state index contributed by atoms with van der Waals surface area (Å²) in [5.41, 5.74) is 8.94. The predicted octanol–water partition coefficient (Wildman–Crippen LogP) is 2.86. The minimum Gasteiger partial charge on any atom is -0.389 e. The zero-order valence-corrected chi connectivity index (χ0v) is 11.6. The first-order chi connectivity index (χ1) is 9.27. The van der Waals surface area contributed by atoms with Gasteiger partial charge >= 0.3 is 0 Å². The second-order valence-corrected chi connectivity index (χ2v) is 5.39. The van der Waals surface area contributed by atoms with Crippen molar-refractivity contribution in [2.75, 3.05) is 18.0 Å². The Kier molecular flexibility index (Phi) is 3.34. The van der Waals surface area contributed by atoms with Gasteiger partial charge in [-0.3, -0.25) is 4.98 Å². The molecule has 0 spiro atoms. The molecular formula is C15H17N3S. The minimum atomic E-state index is 0.429. The molecule has 2 aromatic rings. The number of hydrogen-bond donors (Lipinski definition) is 1. The quantitative estimate of drug-likeness (QED) is 0.853. The third-order valence-electron chi connectivity index (χ3n) is 3.68. The molecule has 0 amide bonds. The van der Waals surface area contributed by atoms with Crippen molar-refractivity contribution in [1.82, 2.24) is 4.98 Å². The van der Waals surface area contributed by atoms with Crippen LogP contribution in [0.1, 0.15) is 24.8 Å². The summed E-state index contributed by atoms with van der Waals surface area (Å²) in [5.74, 6) is 0. The number of nitrogens with zero attached hydrogens (tertiary/aromatic N) is 2. The number of piperidine rings is 1. The summed E-state index contributed by atoms with van der Waals surface area (Å²) in [6.07, 6.45) is 5.58. The van der Waals surface area contributed by atoms with E-state index in [-0.39, 0.29) is 0 Å². The summed E-state index contributed by atoms with van der Waals surface area (Å²) in [5, 5.41) is 1.15. The number of benzene rings is 1. The molecule has 1 aromatic carbocycles. The fraction of sp³-hybridized carbons (Fsp3) is 0.333. The Bertz CT molecular complexity index is 618. The van der Waals surface area contributed by atoms with Crippen LogP contribution in [0.25, 0.3) is 10.9 Å². The second-order valence-electron chi connectivity index (χ2n) is 4.95. The average Bonchev–Trinajstić information content (AvgIpc) is 2.46. The standard InChI is InChI=1S/C15H17N3S/c16-15(19)12-10-17-13-7-3-2-6-11(13)14(12)18-8-4-1-5-9-18/h2-3,6-7,10H,1,4-5,8-9H2,(H2,16,19). The maximum absolute atomic E-state index is 5.88. The maximum atomic E-state index is 5.88. The SMILES string of the molecule is NC(=S)c1cnc2ccccc2c1N1CCCCC1. The van der Waals surface area contributed by atoms with Crippen LogP contribution in [-0.2, 0) is 0 Å². The van der Waals surface area contributed by atoms with Crippen molar-refractivity contribution >= 4 is 33.8 Å².